The molecule has 1 fully saturated rings. The zero-order valence-corrected chi connectivity index (χ0v) is 19.9. The molecule has 0 bridgehead atoms. The number of nitrogens with zero attached hydrogens (tertiary/aromatic N) is 1. The molecule has 0 radical (unpaired) electrons. The molecule has 0 saturated heterocycles. The summed E-state index contributed by atoms with van der Waals surface area (Å²) in [5.74, 6) is 0.0355. The monoisotopic (exact) mass is 455 g/mol. The minimum Gasteiger partial charge on any atom is -0.495 e. The third-order valence-electron chi connectivity index (χ3n) is 4.82. The SMILES string of the molecule is C/C=C(OC)\C(NS(=O)C1(CCO)CC1)=C(\Nc1ccc(C)cc1F)N(C)C=O.CC. The van der Waals surface area contributed by atoms with Gasteiger partial charge in [-0.3, -0.25) is 9.52 Å². The normalized spacial score (nSPS) is 16.2. The maximum absolute atomic E-state index is 14.4. The number of aliphatic hydroxyl groups is 1. The molecule has 7 nitrogen and oxygen atoms in total. The first-order chi connectivity index (χ1) is 14.8. The number of carbonyl (C=O) groups is 1. The Hall–Kier alpha value is -2.39. The molecule has 1 aliphatic rings. The van der Waals surface area contributed by atoms with Crippen LogP contribution in [0.5, 0.6) is 0 Å². The average molecular weight is 456 g/mol. The van der Waals surface area contributed by atoms with Crippen molar-refractivity contribution in [2.45, 2.75) is 51.7 Å². The van der Waals surface area contributed by atoms with Gasteiger partial charge in [0.25, 0.3) is 0 Å². The Labute approximate surface area is 186 Å². The van der Waals surface area contributed by atoms with Gasteiger partial charge in [0.05, 0.1) is 17.5 Å². The molecule has 0 aromatic heterocycles. The van der Waals surface area contributed by atoms with Gasteiger partial charge in [0, 0.05) is 13.7 Å². The lowest BCUT2D eigenvalue weighted by molar-refractivity contribution is -0.115. The van der Waals surface area contributed by atoms with Gasteiger partial charge in [-0.2, -0.15) is 0 Å². The van der Waals surface area contributed by atoms with E-state index in [0.717, 1.165) is 18.4 Å². The number of ether oxygens (including phenoxy) is 1. The number of nitrogens with one attached hydrogen (secondary N) is 2. The van der Waals surface area contributed by atoms with E-state index in [0.29, 0.717) is 18.6 Å². The van der Waals surface area contributed by atoms with E-state index >= 15 is 0 Å². The van der Waals surface area contributed by atoms with Crippen LogP contribution >= 0.6 is 0 Å². The molecule has 0 spiro atoms. The quantitative estimate of drug-likeness (QED) is 0.270. The van der Waals surface area contributed by atoms with Gasteiger partial charge >= 0.3 is 0 Å². The van der Waals surface area contributed by atoms with E-state index in [1.807, 2.05) is 13.8 Å². The molecule has 174 valence electrons. The van der Waals surface area contributed by atoms with Gasteiger partial charge < -0.3 is 20.1 Å². The highest BCUT2D eigenvalue weighted by Crippen LogP contribution is 2.44. The fraction of sp³-hybridized carbons (Fsp3) is 0.500. The van der Waals surface area contributed by atoms with E-state index in [4.69, 9.17) is 4.74 Å². The van der Waals surface area contributed by atoms with Gasteiger partial charge in [-0.15, -0.1) is 0 Å². The molecule has 2 rings (SSSR count). The third kappa shape index (κ3) is 6.80. The lowest BCUT2D eigenvalue weighted by Crippen LogP contribution is -2.35. The number of carbonyl (C=O) groups excluding carboxylic acids is 1. The van der Waals surface area contributed by atoms with E-state index in [-0.39, 0.29) is 23.8 Å². The van der Waals surface area contributed by atoms with Crippen molar-refractivity contribution in [2.24, 2.45) is 0 Å². The molecule has 1 aliphatic carbocycles. The maximum atomic E-state index is 14.4. The van der Waals surface area contributed by atoms with Gasteiger partial charge in [-0.25, -0.2) is 8.60 Å². The number of anilines is 1. The molecule has 0 aliphatic heterocycles. The van der Waals surface area contributed by atoms with Crippen LogP contribution in [-0.4, -0.2) is 46.1 Å². The summed E-state index contributed by atoms with van der Waals surface area (Å²) < 4.78 is 35.2. The predicted molar refractivity (Wildman–Crippen MR) is 123 cm³/mol. The second-order valence-electron chi connectivity index (χ2n) is 6.93. The number of allylic oxidation sites excluding steroid dienone is 1. The average Bonchev–Trinajstić information content (AvgIpc) is 3.55. The smallest absolute Gasteiger partial charge is 0.215 e. The van der Waals surface area contributed by atoms with Crippen molar-refractivity contribution in [3.8, 4) is 0 Å². The summed E-state index contributed by atoms with van der Waals surface area (Å²) in [6, 6.07) is 4.68. The summed E-state index contributed by atoms with van der Waals surface area (Å²) >= 11 is 0. The first-order valence-electron chi connectivity index (χ1n) is 10.3. The summed E-state index contributed by atoms with van der Waals surface area (Å²) in [6.45, 7) is 7.44. The number of hydrogen-bond acceptors (Lipinski definition) is 5. The van der Waals surface area contributed by atoms with Crippen molar-refractivity contribution in [1.82, 2.24) is 9.62 Å². The lowest BCUT2D eigenvalue weighted by Gasteiger charge is -2.25. The summed E-state index contributed by atoms with van der Waals surface area (Å²) in [7, 11) is 1.40. The molecule has 1 aromatic rings. The number of rotatable bonds is 11. The number of aliphatic hydroxyl groups excluding tert-OH is 1. The molecule has 1 saturated carbocycles. The summed E-state index contributed by atoms with van der Waals surface area (Å²) in [5.41, 5.74) is 1.17. The number of halogens is 1. The molecule has 1 atom stereocenters. The lowest BCUT2D eigenvalue weighted by atomic mass is 10.2. The fourth-order valence-electron chi connectivity index (χ4n) is 2.88. The number of hydrogen-bond donors (Lipinski definition) is 3. The highest BCUT2D eigenvalue weighted by atomic mass is 32.2. The summed E-state index contributed by atoms with van der Waals surface area (Å²) in [5, 5.41) is 12.2. The van der Waals surface area contributed by atoms with E-state index in [1.54, 1.807) is 32.1 Å². The van der Waals surface area contributed by atoms with Crippen LogP contribution in [0, 0.1) is 12.7 Å². The van der Waals surface area contributed by atoms with Crippen molar-refractivity contribution >= 4 is 23.1 Å². The highest BCUT2D eigenvalue weighted by Gasteiger charge is 2.49. The molecule has 0 heterocycles. The number of benzene rings is 1. The van der Waals surface area contributed by atoms with Crippen molar-refractivity contribution < 1.29 is 23.2 Å². The Morgan fingerprint density at radius 3 is 2.48 bits per heavy atom. The number of aryl methyl sites for hydroxylation is 1. The molecule has 31 heavy (non-hydrogen) atoms. The Morgan fingerprint density at radius 2 is 2.03 bits per heavy atom. The maximum Gasteiger partial charge on any atom is 0.215 e. The number of methoxy groups -OCH3 is 1. The van der Waals surface area contributed by atoms with Crippen LogP contribution in [0.3, 0.4) is 0 Å². The zero-order valence-electron chi connectivity index (χ0n) is 19.1. The van der Waals surface area contributed by atoms with Gasteiger partial charge in [0.1, 0.15) is 34.1 Å². The molecule has 1 amide bonds. The Morgan fingerprint density at radius 1 is 1.39 bits per heavy atom. The first kappa shape index (κ1) is 26.6. The fourth-order valence-corrected chi connectivity index (χ4v) is 4.23. The van der Waals surface area contributed by atoms with Gasteiger partial charge in [-0.05, 0) is 56.9 Å². The summed E-state index contributed by atoms with van der Waals surface area (Å²) in [6.07, 6.45) is 4.05. The van der Waals surface area contributed by atoms with Crippen LogP contribution in [-0.2, 0) is 20.5 Å². The topological polar surface area (TPSA) is 90.9 Å². The second-order valence-corrected chi connectivity index (χ2v) is 8.54. The van der Waals surface area contributed by atoms with Crippen LogP contribution in [0.2, 0.25) is 0 Å². The zero-order chi connectivity index (χ0) is 23.6. The standard InChI is InChI=1S/C20H28FN3O4S.C2H6/c1-5-17(28-4)18(23-29(27)20(8-9-20)10-11-25)19(24(3)13-26)22-16-7-6-14(2)12-15(16)21;1-2/h5-7,12-13,22-23,25H,8-11H2,1-4H3;1-2H3/b17-5+,19-18+;. The van der Waals surface area contributed by atoms with Crippen LogP contribution < -0.4 is 10.0 Å². The van der Waals surface area contributed by atoms with Crippen LogP contribution in [0.1, 0.15) is 45.6 Å². The van der Waals surface area contributed by atoms with Crippen molar-refractivity contribution in [2.75, 3.05) is 26.1 Å². The number of amides is 1. The van der Waals surface area contributed by atoms with E-state index in [2.05, 4.69) is 10.0 Å². The minimum atomic E-state index is -1.54. The van der Waals surface area contributed by atoms with E-state index in [9.17, 15) is 18.5 Å². The highest BCUT2D eigenvalue weighted by molar-refractivity contribution is 7.85. The molecule has 1 unspecified atom stereocenters. The van der Waals surface area contributed by atoms with E-state index in [1.165, 1.54) is 25.1 Å². The van der Waals surface area contributed by atoms with Crippen LogP contribution in [0.4, 0.5) is 10.1 Å². The largest absolute Gasteiger partial charge is 0.495 e. The second kappa shape index (κ2) is 12.5. The molecule has 1 aromatic carbocycles. The molecule has 9 heteroatoms. The van der Waals surface area contributed by atoms with E-state index < -0.39 is 21.5 Å². The van der Waals surface area contributed by atoms with Crippen molar-refractivity contribution in [3.05, 3.63) is 52.9 Å². The van der Waals surface area contributed by atoms with Gasteiger partial charge in [0.2, 0.25) is 6.41 Å². The van der Waals surface area contributed by atoms with Gasteiger partial charge in [0.15, 0.2) is 0 Å². The Kier molecular flexibility index (Phi) is 10.7. The Bertz CT molecular complexity index is 838. The third-order valence-corrected chi connectivity index (χ3v) is 6.61. The molecular weight excluding hydrogens is 421 g/mol. The van der Waals surface area contributed by atoms with Gasteiger partial charge in [-0.1, -0.05) is 19.9 Å². The van der Waals surface area contributed by atoms with Crippen LogP contribution in [0.25, 0.3) is 0 Å². The molecule has 3 N–H and O–H groups in total. The first-order valence-corrected chi connectivity index (χ1v) is 11.4. The van der Waals surface area contributed by atoms with Crippen molar-refractivity contribution in [1.29, 1.82) is 0 Å². The summed E-state index contributed by atoms with van der Waals surface area (Å²) in [4.78, 5) is 12.8. The predicted octanol–water partition coefficient (Wildman–Crippen LogP) is 3.55. The molecular formula is C22H34FN3O4S. The van der Waals surface area contributed by atoms with Crippen LogP contribution in [0.15, 0.2) is 41.6 Å². The Balaban J connectivity index is 0.00000233. The minimum absolute atomic E-state index is 0.0683. The van der Waals surface area contributed by atoms with Crippen molar-refractivity contribution in [3.63, 3.8) is 0 Å².